The summed E-state index contributed by atoms with van der Waals surface area (Å²) in [5.41, 5.74) is 0.473. The molecular weight excluding hydrogens is 238 g/mol. The predicted molar refractivity (Wildman–Crippen MR) is 74.7 cm³/mol. The molecule has 4 rings (SSSR count). The first-order chi connectivity index (χ1) is 9.11. The summed E-state index contributed by atoms with van der Waals surface area (Å²) >= 11 is 0. The van der Waals surface area contributed by atoms with Gasteiger partial charge in [-0.25, -0.2) is 0 Å². The molecule has 3 heteroatoms. The first-order valence-electron chi connectivity index (χ1n) is 8.00. The van der Waals surface area contributed by atoms with Crippen molar-refractivity contribution in [3.63, 3.8) is 0 Å². The molecule has 0 heterocycles. The molecule has 0 spiro atoms. The van der Waals surface area contributed by atoms with Crippen LogP contribution in [0.15, 0.2) is 0 Å². The Labute approximate surface area is 116 Å². The SMILES string of the molecule is CCOC(=O)CNC(C)C12CC3CC(CC(C3)C1)C2. The molecule has 0 aromatic heterocycles. The summed E-state index contributed by atoms with van der Waals surface area (Å²) < 4.78 is 5.01. The molecule has 0 amide bonds. The van der Waals surface area contributed by atoms with Gasteiger partial charge in [0.1, 0.15) is 0 Å². The molecule has 1 atom stereocenters. The van der Waals surface area contributed by atoms with Gasteiger partial charge in [0.25, 0.3) is 0 Å². The lowest BCUT2D eigenvalue weighted by Gasteiger charge is -2.59. The van der Waals surface area contributed by atoms with Crippen LogP contribution in [-0.2, 0) is 9.53 Å². The predicted octanol–water partition coefficient (Wildman–Crippen LogP) is 2.74. The van der Waals surface area contributed by atoms with Crippen LogP contribution in [0.4, 0.5) is 0 Å². The van der Waals surface area contributed by atoms with Crippen molar-refractivity contribution in [1.29, 1.82) is 0 Å². The number of carbonyl (C=O) groups excluding carboxylic acids is 1. The number of ether oxygens (including phenoxy) is 1. The third-order valence-corrected chi connectivity index (χ3v) is 5.86. The molecule has 0 saturated heterocycles. The molecular formula is C16H27NO2. The number of hydrogen-bond donors (Lipinski definition) is 1. The smallest absolute Gasteiger partial charge is 0.319 e. The Morgan fingerprint density at radius 3 is 2.21 bits per heavy atom. The maximum absolute atomic E-state index is 11.5. The zero-order valence-electron chi connectivity index (χ0n) is 12.3. The van der Waals surface area contributed by atoms with Gasteiger partial charge in [0.05, 0.1) is 13.2 Å². The van der Waals surface area contributed by atoms with Crippen molar-refractivity contribution >= 4 is 5.97 Å². The Bertz CT molecular complexity index is 317. The van der Waals surface area contributed by atoms with Crippen LogP contribution in [0.1, 0.15) is 52.4 Å². The minimum Gasteiger partial charge on any atom is -0.465 e. The first-order valence-corrected chi connectivity index (χ1v) is 8.00. The number of hydrogen-bond acceptors (Lipinski definition) is 3. The van der Waals surface area contributed by atoms with Gasteiger partial charge < -0.3 is 10.1 Å². The van der Waals surface area contributed by atoms with E-state index in [1.165, 1.54) is 38.5 Å². The van der Waals surface area contributed by atoms with Crippen LogP contribution in [0.5, 0.6) is 0 Å². The number of esters is 1. The minimum absolute atomic E-state index is 0.112. The van der Waals surface area contributed by atoms with Gasteiger partial charge in [-0.2, -0.15) is 0 Å². The van der Waals surface area contributed by atoms with Gasteiger partial charge in [0.15, 0.2) is 0 Å². The maximum atomic E-state index is 11.5. The number of rotatable bonds is 5. The standard InChI is InChI=1S/C16H27NO2/c1-3-19-15(18)10-17-11(2)16-7-12-4-13(8-16)6-14(5-12)9-16/h11-14,17H,3-10H2,1-2H3. The molecule has 19 heavy (non-hydrogen) atoms. The Morgan fingerprint density at radius 2 is 1.74 bits per heavy atom. The average Bonchev–Trinajstić information content (AvgIpc) is 2.34. The van der Waals surface area contributed by atoms with Gasteiger partial charge in [-0.3, -0.25) is 4.79 Å². The van der Waals surface area contributed by atoms with Crippen LogP contribution in [-0.4, -0.2) is 25.2 Å². The molecule has 4 aliphatic carbocycles. The molecule has 4 aliphatic rings. The molecule has 3 nitrogen and oxygen atoms in total. The van der Waals surface area contributed by atoms with Crippen molar-refractivity contribution < 1.29 is 9.53 Å². The zero-order valence-corrected chi connectivity index (χ0v) is 12.3. The lowest BCUT2D eigenvalue weighted by molar-refractivity contribution is -0.142. The quantitative estimate of drug-likeness (QED) is 0.777. The molecule has 108 valence electrons. The molecule has 0 aliphatic heterocycles. The van der Waals surface area contributed by atoms with Crippen LogP contribution in [0.25, 0.3) is 0 Å². The second kappa shape index (κ2) is 5.08. The van der Waals surface area contributed by atoms with Gasteiger partial charge in [-0.15, -0.1) is 0 Å². The lowest BCUT2D eigenvalue weighted by atomic mass is 9.48. The fourth-order valence-electron chi connectivity index (χ4n) is 5.37. The molecule has 0 aromatic rings. The van der Waals surface area contributed by atoms with E-state index in [0.29, 0.717) is 24.6 Å². The van der Waals surface area contributed by atoms with E-state index in [9.17, 15) is 4.79 Å². The molecule has 4 bridgehead atoms. The second-order valence-electron chi connectivity index (χ2n) is 7.19. The highest BCUT2D eigenvalue weighted by molar-refractivity contribution is 5.71. The van der Waals surface area contributed by atoms with Crippen molar-refractivity contribution in [3.05, 3.63) is 0 Å². The van der Waals surface area contributed by atoms with Gasteiger partial charge >= 0.3 is 5.97 Å². The zero-order chi connectivity index (χ0) is 13.5. The first kappa shape index (κ1) is 13.4. The minimum atomic E-state index is -0.112. The van der Waals surface area contributed by atoms with Crippen LogP contribution in [0, 0.1) is 23.2 Å². The van der Waals surface area contributed by atoms with Crippen LogP contribution in [0.2, 0.25) is 0 Å². The Morgan fingerprint density at radius 1 is 1.21 bits per heavy atom. The molecule has 0 aromatic carbocycles. The summed E-state index contributed by atoms with van der Waals surface area (Å²) in [5.74, 6) is 2.80. The summed E-state index contributed by atoms with van der Waals surface area (Å²) in [6.07, 6.45) is 8.58. The van der Waals surface area contributed by atoms with Crippen molar-refractivity contribution in [2.75, 3.05) is 13.2 Å². The van der Waals surface area contributed by atoms with E-state index in [2.05, 4.69) is 12.2 Å². The van der Waals surface area contributed by atoms with Crippen molar-refractivity contribution in [2.24, 2.45) is 23.2 Å². The molecule has 1 N–H and O–H groups in total. The summed E-state index contributed by atoms with van der Waals surface area (Å²) in [6.45, 7) is 5.00. The highest BCUT2D eigenvalue weighted by Crippen LogP contribution is 2.61. The fourth-order valence-corrected chi connectivity index (χ4v) is 5.37. The average molecular weight is 265 g/mol. The number of nitrogens with one attached hydrogen (secondary N) is 1. The molecule has 0 radical (unpaired) electrons. The Balaban J connectivity index is 1.60. The third-order valence-electron chi connectivity index (χ3n) is 5.86. The van der Waals surface area contributed by atoms with Gasteiger partial charge in [0, 0.05) is 6.04 Å². The van der Waals surface area contributed by atoms with E-state index in [1.807, 2.05) is 6.92 Å². The van der Waals surface area contributed by atoms with Crippen molar-refractivity contribution in [2.45, 2.75) is 58.4 Å². The summed E-state index contributed by atoms with van der Waals surface area (Å²) in [6, 6.07) is 0.449. The lowest BCUT2D eigenvalue weighted by Crippen LogP contribution is -2.55. The maximum Gasteiger partial charge on any atom is 0.319 e. The van der Waals surface area contributed by atoms with E-state index in [1.54, 1.807) is 0 Å². The second-order valence-corrected chi connectivity index (χ2v) is 7.19. The summed E-state index contributed by atoms with van der Waals surface area (Å²) in [7, 11) is 0. The fraction of sp³-hybridized carbons (Fsp3) is 0.938. The Hall–Kier alpha value is -0.570. The Kier molecular flexibility index (Phi) is 3.59. The van der Waals surface area contributed by atoms with Crippen molar-refractivity contribution in [1.82, 2.24) is 5.32 Å². The monoisotopic (exact) mass is 265 g/mol. The summed E-state index contributed by atoms with van der Waals surface area (Å²) in [5, 5.41) is 3.45. The normalized spacial score (nSPS) is 41.3. The van der Waals surface area contributed by atoms with Crippen LogP contribution in [0.3, 0.4) is 0 Å². The molecule has 1 unspecified atom stereocenters. The van der Waals surface area contributed by atoms with Crippen molar-refractivity contribution in [3.8, 4) is 0 Å². The third kappa shape index (κ3) is 2.54. The van der Waals surface area contributed by atoms with E-state index in [-0.39, 0.29) is 5.97 Å². The number of carbonyl (C=O) groups is 1. The topological polar surface area (TPSA) is 38.3 Å². The summed E-state index contributed by atoms with van der Waals surface area (Å²) in [4.78, 5) is 11.5. The van der Waals surface area contributed by atoms with Gasteiger partial charge in [-0.1, -0.05) is 0 Å². The van der Waals surface area contributed by atoms with E-state index < -0.39 is 0 Å². The highest BCUT2D eigenvalue weighted by Gasteiger charge is 2.52. The van der Waals surface area contributed by atoms with Crippen LogP contribution >= 0.6 is 0 Å². The molecule has 4 fully saturated rings. The van der Waals surface area contributed by atoms with E-state index >= 15 is 0 Å². The largest absolute Gasteiger partial charge is 0.465 e. The van der Waals surface area contributed by atoms with Gasteiger partial charge in [0.2, 0.25) is 0 Å². The van der Waals surface area contributed by atoms with E-state index in [4.69, 9.17) is 4.74 Å². The van der Waals surface area contributed by atoms with Gasteiger partial charge in [-0.05, 0) is 75.5 Å². The highest BCUT2D eigenvalue weighted by atomic mass is 16.5. The molecule has 4 saturated carbocycles. The van der Waals surface area contributed by atoms with Crippen LogP contribution < -0.4 is 5.32 Å². The van der Waals surface area contributed by atoms with E-state index in [0.717, 1.165) is 17.8 Å².